The highest BCUT2D eigenvalue weighted by Crippen LogP contribution is 2.22. The summed E-state index contributed by atoms with van der Waals surface area (Å²) in [7, 11) is 0. The first kappa shape index (κ1) is 18.7. The molecule has 2 atom stereocenters. The van der Waals surface area contributed by atoms with Crippen LogP contribution in [-0.4, -0.2) is 48.3 Å². The Hall–Kier alpha value is -1.10. The minimum atomic E-state index is 0.368. The van der Waals surface area contributed by atoms with Gasteiger partial charge in [-0.05, 0) is 67.4 Å². The number of nitrogens with one attached hydrogen (secondary N) is 2. The van der Waals surface area contributed by atoms with Gasteiger partial charge in [0, 0.05) is 31.7 Å². The molecule has 1 fully saturated rings. The van der Waals surface area contributed by atoms with Crippen molar-refractivity contribution in [1.29, 1.82) is 0 Å². The Kier molecular flexibility index (Phi) is 6.37. The van der Waals surface area contributed by atoms with Crippen molar-refractivity contribution >= 4 is 0 Å². The van der Waals surface area contributed by atoms with Gasteiger partial charge in [-0.1, -0.05) is 26.8 Å². The molecule has 2 heterocycles. The van der Waals surface area contributed by atoms with Crippen LogP contribution in [-0.2, 0) is 13.0 Å². The van der Waals surface area contributed by atoms with Crippen molar-refractivity contribution < 1.29 is 5.11 Å². The molecular weight excluding hydrogens is 310 g/mol. The fourth-order valence-electron chi connectivity index (χ4n) is 4.04. The van der Waals surface area contributed by atoms with Crippen molar-refractivity contribution in [2.45, 2.75) is 58.7 Å². The summed E-state index contributed by atoms with van der Waals surface area (Å²) in [6.07, 6.45) is 3.73. The predicted molar refractivity (Wildman–Crippen MR) is 104 cm³/mol. The number of fused-ring (bicyclic) bond motifs is 1. The van der Waals surface area contributed by atoms with E-state index in [9.17, 15) is 5.11 Å². The first-order chi connectivity index (χ1) is 12.0. The molecule has 2 aliphatic rings. The second-order valence-corrected chi connectivity index (χ2v) is 8.48. The second kappa shape index (κ2) is 8.52. The van der Waals surface area contributed by atoms with Crippen LogP contribution in [0.2, 0.25) is 0 Å². The van der Waals surface area contributed by atoms with E-state index in [1.54, 1.807) is 0 Å². The predicted octanol–water partition coefficient (Wildman–Crippen LogP) is 2.75. The lowest BCUT2D eigenvalue weighted by atomic mass is 9.94. The number of aromatic hydroxyl groups is 1. The Balaban J connectivity index is 1.49. The third-order valence-corrected chi connectivity index (χ3v) is 6.00. The number of hydrogen-bond acceptors (Lipinski definition) is 4. The van der Waals surface area contributed by atoms with Crippen molar-refractivity contribution in [2.75, 3.05) is 26.2 Å². The molecular formula is C21H35N3O. The monoisotopic (exact) mass is 345 g/mol. The van der Waals surface area contributed by atoms with Crippen LogP contribution in [0.5, 0.6) is 5.75 Å². The van der Waals surface area contributed by atoms with E-state index in [-0.39, 0.29) is 0 Å². The number of rotatable bonds is 6. The Morgan fingerprint density at radius 2 is 2.00 bits per heavy atom. The van der Waals surface area contributed by atoms with Gasteiger partial charge in [-0.2, -0.15) is 0 Å². The standard InChI is InChI=1S/C21H35N3O/c1-15(2)21(14-24-8-6-16(3)7-9-24)23-13-19-10-17-4-5-20(25)11-18(17)12-22-19/h4-5,11,15-16,19,21-23,25H,6-10,12-14H2,1-3H3/t19-,21?/m1/s1. The van der Waals surface area contributed by atoms with Crippen molar-refractivity contribution in [1.82, 2.24) is 15.5 Å². The van der Waals surface area contributed by atoms with Gasteiger partial charge in [0.15, 0.2) is 0 Å². The van der Waals surface area contributed by atoms with Crippen LogP contribution in [0, 0.1) is 11.8 Å². The molecule has 3 N–H and O–H groups in total. The van der Waals surface area contributed by atoms with Gasteiger partial charge >= 0.3 is 0 Å². The Morgan fingerprint density at radius 1 is 1.24 bits per heavy atom. The smallest absolute Gasteiger partial charge is 0.115 e. The summed E-state index contributed by atoms with van der Waals surface area (Å²) in [5.74, 6) is 1.91. The summed E-state index contributed by atoms with van der Waals surface area (Å²) in [6, 6.07) is 6.80. The van der Waals surface area contributed by atoms with E-state index in [1.807, 2.05) is 12.1 Å². The summed E-state index contributed by atoms with van der Waals surface area (Å²) < 4.78 is 0. The zero-order chi connectivity index (χ0) is 17.8. The lowest BCUT2D eigenvalue weighted by Crippen LogP contribution is -2.51. The lowest BCUT2D eigenvalue weighted by molar-refractivity contribution is 0.160. The van der Waals surface area contributed by atoms with Gasteiger partial charge in [0.2, 0.25) is 0 Å². The molecule has 0 aromatic heterocycles. The van der Waals surface area contributed by atoms with E-state index < -0.39 is 0 Å². The van der Waals surface area contributed by atoms with Crippen LogP contribution in [0.4, 0.5) is 0 Å². The number of phenols is 1. The zero-order valence-corrected chi connectivity index (χ0v) is 16.1. The average Bonchev–Trinajstić information content (AvgIpc) is 2.60. The zero-order valence-electron chi connectivity index (χ0n) is 16.1. The van der Waals surface area contributed by atoms with E-state index in [2.05, 4.69) is 42.4 Å². The highest BCUT2D eigenvalue weighted by molar-refractivity contribution is 5.36. The van der Waals surface area contributed by atoms with Crippen LogP contribution in [0.25, 0.3) is 0 Å². The van der Waals surface area contributed by atoms with E-state index >= 15 is 0 Å². The summed E-state index contributed by atoms with van der Waals surface area (Å²) in [5.41, 5.74) is 2.61. The van der Waals surface area contributed by atoms with Crippen molar-refractivity contribution in [2.24, 2.45) is 11.8 Å². The summed E-state index contributed by atoms with van der Waals surface area (Å²) in [5, 5.41) is 17.1. The Labute approximate surface area is 153 Å². The first-order valence-electron chi connectivity index (χ1n) is 10.0. The molecule has 140 valence electrons. The Bertz CT molecular complexity index is 552. The fourth-order valence-corrected chi connectivity index (χ4v) is 4.04. The normalized spacial score (nSPS) is 23.6. The van der Waals surface area contributed by atoms with Crippen LogP contribution in [0.1, 0.15) is 44.7 Å². The molecule has 0 bridgehead atoms. The molecule has 3 rings (SSSR count). The van der Waals surface area contributed by atoms with Crippen LogP contribution in [0.3, 0.4) is 0 Å². The number of hydrogen-bond donors (Lipinski definition) is 3. The minimum absolute atomic E-state index is 0.368. The van der Waals surface area contributed by atoms with Crippen molar-refractivity contribution in [3.63, 3.8) is 0 Å². The molecule has 1 saturated heterocycles. The third kappa shape index (κ3) is 5.19. The summed E-state index contributed by atoms with van der Waals surface area (Å²) >= 11 is 0. The van der Waals surface area contributed by atoms with Crippen molar-refractivity contribution in [3.8, 4) is 5.75 Å². The van der Waals surface area contributed by atoms with Gasteiger partial charge < -0.3 is 20.6 Å². The lowest BCUT2D eigenvalue weighted by Gasteiger charge is -2.36. The number of phenolic OH excluding ortho intramolecular Hbond substituents is 1. The summed E-state index contributed by atoms with van der Waals surface area (Å²) in [6.45, 7) is 12.6. The highest BCUT2D eigenvalue weighted by atomic mass is 16.3. The fraction of sp³-hybridized carbons (Fsp3) is 0.714. The largest absolute Gasteiger partial charge is 0.508 e. The van der Waals surface area contributed by atoms with Gasteiger partial charge in [0.25, 0.3) is 0 Å². The van der Waals surface area contributed by atoms with Gasteiger partial charge in [0.05, 0.1) is 0 Å². The molecule has 2 aliphatic heterocycles. The Morgan fingerprint density at radius 3 is 2.72 bits per heavy atom. The molecule has 1 unspecified atom stereocenters. The maximum absolute atomic E-state index is 9.62. The van der Waals surface area contributed by atoms with Gasteiger partial charge in [-0.15, -0.1) is 0 Å². The van der Waals surface area contributed by atoms with E-state index in [4.69, 9.17) is 0 Å². The molecule has 4 heteroatoms. The number of benzene rings is 1. The van der Waals surface area contributed by atoms with E-state index in [1.165, 1.54) is 43.6 Å². The van der Waals surface area contributed by atoms with Crippen LogP contribution < -0.4 is 10.6 Å². The molecule has 0 amide bonds. The third-order valence-electron chi connectivity index (χ3n) is 6.00. The minimum Gasteiger partial charge on any atom is -0.508 e. The molecule has 0 spiro atoms. The maximum Gasteiger partial charge on any atom is 0.115 e. The van der Waals surface area contributed by atoms with Crippen LogP contribution >= 0.6 is 0 Å². The highest BCUT2D eigenvalue weighted by Gasteiger charge is 2.23. The first-order valence-corrected chi connectivity index (χ1v) is 10.0. The molecule has 1 aromatic rings. The molecule has 4 nitrogen and oxygen atoms in total. The number of nitrogens with zero attached hydrogens (tertiary/aromatic N) is 1. The quantitative estimate of drug-likeness (QED) is 0.742. The maximum atomic E-state index is 9.62. The van der Waals surface area contributed by atoms with Gasteiger partial charge in [0.1, 0.15) is 5.75 Å². The van der Waals surface area contributed by atoms with E-state index in [0.717, 1.165) is 25.4 Å². The molecule has 1 aromatic carbocycles. The van der Waals surface area contributed by atoms with E-state index in [0.29, 0.717) is 23.8 Å². The van der Waals surface area contributed by atoms with Crippen molar-refractivity contribution in [3.05, 3.63) is 29.3 Å². The number of piperidine rings is 1. The van der Waals surface area contributed by atoms with Gasteiger partial charge in [-0.3, -0.25) is 0 Å². The summed E-state index contributed by atoms with van der Waals surface area (Å²) in [4.78, 5) is 2.64. The number of likely N-dealkylation sites (tertiary alicyclic amines) is 1. The average molecular weight is 346 g/mol. The molecule has 25 heavy (non-hydrogen) atoms. The molecule has 0 saturated carbocycles. The van der Waals surface area contributed by atoms with Gasteiger partial charge in [-0.25, -0.2) is 0 Å². The second-order valence-electron chi connectivity index (χ2n) is 8.48. The molecule has 0 aliphatic carbocycles. The van der Waals surface area contributed by atoms with Crippen LogP contribution in [0.15, 0.2) is 18.2 Å². The SMILES string of the molecule is CC1CCN(CC(NC[C@H]2Cc3ccc(O)cc3CN2)C(C)C)CC1. The topological polar surface area (TPSA) is 47.5 Å². The molecule has 0 radical (unpaired) electrons.